The summed E-state index contributed by atoms with van der Waals surface area (Å²) in [5, 5.41) is 21.4. The predicted molar refractivity (Wildman–Crippen MR) is 162 cm³/mol. The third-order valence-electron chi connectivity index (χ3n) is 8.68. The number of phenolic OH excluding ortho intramolecular Hbond substituents is 1. The van der Waals surface area contributed by atoms with Crippen LogP contribution in [0, 0.1) is 34.8 Å². The summed E-state index contributed by atoms with van der Waals surface area (Å²) in [6.07, 6.45) is 3.75. The smallest absolute Gasteiger partial charge is 0.311 e. The van der Waals surface area contributed by atoms with Gasteiger partial charge in [0.2, 0.25) is 11.6 Å². The van der Waals surface area contributed by atoms with Gasteiger partial charge in [0, 0.05) is 30.9 Å². The number of halogens is 2. The van der Waals surface area contributed by atoms with Crippen molar-refractivity contribution in [3.8, 4) is 28.9 Å². The van der Waals surface area contributed by atoms with E-state index in [0.717, 1.165) is 25.5 Å². The van der Waals surface area contributed by atoms with Crippen molar-refractivity contribution in [3.05, 3.63) is 65.4 Å². The van der Waals surface area contributed by atoms with Crippen molar-refractivity contribution in [2.24, 2.45) is 28.5 Å². The first-order valence-electron chi connectivity index (χ1n) is 14.8. The number of hydrogen-bond donors (Lipinski definition) is 4. The number of aromatic hydroxyl groups is 1. The molecule has 4 atom stereocenters. The number of anilines is 1. The number of nitrogens with two attached hydrogens (primary N) is 1. The monoisotopic (exact) mass is 620 g/mol. The fourth-order valence-corrected chi connectivity index (χ4v) is 6.55. The van der Waals surface area contributed by atoms with Crippen molar-refractivity contribution in [3.63, 3.8) is 0 Å². The molecule has 0 radical (unpaired) electrons. The van der Waals surface area contributed by atoms with Crippen LogP contribution in [0.15, 0.2) is 47.6 Å². The van der Waals surface area contributed by atoms with Crippen molar-refractivity contribution in [2.75, 3.05) is 32.1 Å². The Bertz CT molecular complexity index is 1680. The zero-order chi connectivity index (χ0) is 31.8. The number of phenols is 1. The molecule has 13 heteroatoms. The SMILES string of the molecule is CCOC(=O)C1C2CCC(C2)C1Nc1ccc(Oc2c(F)cnc(Oc3cc(C(=N)N)ccc3O)c2F)c(C2=NCCN2C)c1. The van der Waals surface area contributed by atoms with Crippen LogP contribution in [-0.4, -0.2) is 65.4 Å². The maximum absolute atomic E-state index is 15.7. The normalized spacial score (nSPS) is 21.9. The Morgan fingerprint density at radius 2 is 1.96 bits per heavy atom. The van der Waals surface area contributed by atoms with Crippen LogP contribution in [-0.2, 0) is 9.53 Å². The van der Waals surface area contributed by atoms with E-state index in [0.29, 0.717) is 42.7 Å². The molecular formula is C32H34F2N6O5. The molecule has 2 saturated carbocycles. The first-order valence-corrected chi connectivity index (χ1v) is 14.8. The molecule has 2 heterocycles. The fraction of sp³-hybridized carbons (Fsp3) is 0.375. The number of aromatic nitrogens is 1. The molecule has 0 amide bonds. The highest BCUT2D eigenvalue weighted by Crippen LogP contribution is 2.50. The van der Waals surface area contributed by atoms with Crippen LogP contribution in [0.25, 0.3) is 0 Å². The Balaban J connectivity index is 1.32. The Morgan fingerprint density at radius 3 is 2.69 bits per heavy atom. The Hall–Kier alpha value is -4.94. The van der Waals surface area contributed by atoms with Gasteiger partial charge in [-0.15, -0.1) is 0 Å². The third-order valence-corrected chi connectivity index (χ3v) is 8.68. The van der Waals surface area contributed by atoms with Crippen molar-refractivity contribution in [2.45, 2.75) is 32.2 Å². The lowest BCUT2D eigenvalue weighted by atomic mass is 9.84. The van der Waals surface area contributed by atoms with Crippen LogP contribution in [0.4, 0.5) is 14.5 Å². The number of nitrogens with one attached hydrogen (secondary N) is 2. The summed E-state index contributed by atoms with van der Waals surface area (Å²) in [5.41, 5.74) is 6.95. The van der Waals surface area contributed by atoms with Crippen LogP contribution in [0.1, 0.15) is 37.3 Å². The number of pyridine rings is 1. The number of nitrogens with zero attached hydrogens (tertiary/aromatic N) is 3. The predicted octanol–water partition coefficient (Wildman–Crippen LogP) is 5.02. The van der Waals surface area contributed by atoms with Gasteiger partial charge in [0.15, 0.2) is 17.3 Å². The molecule has 1 aromatic heterocycles. The van der Waals surface area contributed by atoms with Gasteiger partial charge >= 0.3 is 5.97 Å². The number of aliphatic imine (C=N–C) groups is 1. The minimum Gasteiger partial charge on any atom is -0.504 e. The summed E-state index contributed by atoms with van der Waals surface area (Å²) in [4.78, 5) is 23.1. The molecule has 236 valence electrons. The molecule has 0 spiro atoms. The second-order valence-corrected chi connectivity index (χ2v) is 11.5. The summed E-state index contributed by atoms with van der Waals surface area (Å²) < 4.78 is 47.5. The van der Waals surface area contributed by atoms with Crippen LogP contribution in [0.5, 0.6) is 28.9 Å². The molecule has 2 bridgehead atoms. The van der Waals surface area contributed by atoms with Crippen molar-refractivity contribution < 1.29 is 32.9 Å². The number of benzene rings is 2. The van der Waals surface area contributed by atoms with E-state index in [1.165, 1.54) is 18.2 Å². The minimum atomic E-state index is -1.24. The summed E-state index contributed by atoms with van der Waals surface area (Å²) in [5.74, 6) is -3.71. The molecule has 3 aromatic rings. The van der Waals surface area contributed by atoms with Crippen molar-refractivity contribution in [1.29, 1.82) is 5.41 Å². The Morgan fingerprint density at radius 1 is 1.16 bits per heavy atom. The summed E-state index contributed by atoms with van der Waals surface area (Å²) in [7, 11) is 1.86. The number of carbonyl (C=O) groups is 1. The van der Waals surface area contributed by atoms with Gasteiger partial charge in [0.1, 0.15) is 17.4 Å². The number of likely N-dealkylation sites (N-methyl/N-ethyl adjacent to an activating group) is 1. The van der Waals surface area contributed by atoms with Crippen LogP contribution in [0.3, 0.4) is 0 Å². The molecule has 11 nitrogen and oxygen atoms in total. The molecule has 4 unspecified atom stereocenters. The lowest BCUT2D eigenvalue weighted by molar-refractivity contribution is -0.150. The van der Waals surface area contributed by atoms with E-state index in [4.69, 9.17) is 25.4 Å². The van der Waals surface area contributed by atoms with E-state index in [9.17, 15) is 9.90 Å². The van der Waals surface area contributed by atoms with Crippen molar-refractivity contribution >= 4 is 23.3 Å². The largest absolute Gasteiger partial charge is 0.504 e. The number of amidine groups is 2. The van der Waals surface area contributed by atoms with E-state index in [-0.39, 0.29) is 52.5 Å². The fourth-order valence-electron chi connectivity index (χ4n) is 6.55. The maximum atomic E-state index is 15.7. The molecule has 1 aliphatic heterocycles. The van der Waals surface area contributed by atoms with Gasteiger partial charge in [-0.1, -0.05) is 0 Å². The summed E-state index contributed by atoms with van der Waals surface area (Å²) in [6.45, 7) is 3.32. The number of esters is 1. The Kier molecular flexibility index (Phi) is 8.17. The van der Waals surface area contributed by atoms with Gasteiger partial charge in [-0.05, 0) is 74.4 Å². The average molecular weight is 621 g/mol. The molecule has 5 N–H and O–H groups in total. The molecule has 6 rings (SSSR count). The molecule has 2 aromatic carbocycles. The van der Waals surface area contributed by atoms with E-state index < -0.39 is 23.3 Å². The van der Waals surface area contributed by atoms with E-state index in [2.05, 4.69) is 15.3 Å². The molecule has 45 heavy (non-hydrogen) atoms. The number of fused-ring (bicyclic) bond motifs is 2. The highest BCUT2D eigenvalue weighted by atomic mass is 19.1. The quantitative estimate of drug-likeness (QED) is 0.139. The second-order valence-electron chi connectivity index (χ2n) is 11.5. The zero-order valence-electron chi connectivity index (χ0n) is 24.8. The molecule has 2 fully saturated rings. The third kappa shape index (κ3) is 5.81. The standard InChI is InChI=1S/C32H34F2N6O5/c1-3-43-32(42)25-16-4-5-17(12-16)27(25)39-19-7-9-23(20(14-19)30-37-10-11-40(30)2)44-28-21(33)15-38-31(26(28)34)45-24-13-18(29(35)36)6-8-22(24)41/h6-9,13-17,25,27,39,41H,3-5,10-12H2,1-2H3,(H3,35,36). The summed E-state index contributed by atoms with van der Waals surface area (Å²) in [6, 6.07) is 8.91. The second kappa shape index (κ2) is 12.2. The first kappa shape index (κ1) is 30.1. The highest BCUT2D eigenvalue weighted by molar-refractivity contribution is 6.03. The van der Waals surface area contributed by atoms with Crippen LogP contribution < -0.4 is 20.5 Å². The van der Waals surface area contributed by atoms with E-state index >= 15 is 8.78 Å². The van der Waals surface area contributed by atoms with Gasteiger partial charge < -0.3 is 35.3 Å². The van der Waals surface area contributed by atoms with Gasteiger partial charge in [0.05, 0.1) is 30.8 Å². The number of hydrogen-bond acceptors (Lipinski definition) is 10. The maximum Gasteiger partial charge on any atom is 0.311 e. The lowest BCUT2D eigenvalue weighted by Gasteiger charge is -2.31. The topological polar surface area (TPSA) is 155 Å². The highest BCUT2D eigenvalue weighted by Gasteiger charge is 2.51. The van der Waals surface area contributed by atoms with Gasteiger partial charge in [-0.3, -0.25) is 15.2 Å². The van der Waals surface area contributed by atoms with E-state index in [1.807, 2.05) is 18.0 Å². The Labute approximate surface area is 258 Å². The van der Waals surface area contributed by atoms with Gasteiger partial charge in [-0.25, -0.2) is 9.37 Å². The van der Waals surface area contributed by atoms with Crippen molar-refractivity contribution in [1.82, 2.24) is 9.88 Å². The number of nitrogen functional groups attached to an aromatic ring is 1. The summed E-state index contributed by atoms with van der Waals surface area (Å²) >= 11 is 0. The zero-order valence-corrected chi connectivity index (χ0v) is 24.8. The molecule has 2 aliphatic carbocycles. The van der Waals surface area contributed by atoms with Gasteiger partial charge in [0.25, 0.3) is 5.88 Å². The van der Waals surface area contributed by atoms with Crippen LogP contribution >= 0.6 is 0 Å². The number of ether oxygens (including phenoxy) is 3. The average Bonchev–Trinajstić information content (AvgIpc) is 3.75. The minimum absolute atomic E-state index is 0.0987. The van der Waals surface area contributed by atoms with E-state index in [1.54, 1.807) is 19.1 Å². The van der Waals surface area contributed by atoms with Gasteiger partial charge in [-0.2, -0.15) is 4.39 Å². The number of carbonyl (C=O) groups excluding carboxylic acids is 1. The molecule has 0 saturated heterocycles. The molecule has 3 aliphatic rings. The lowest BCUT2D eigenvalue weighted by Crippen LogP contribution is -2.40. The number of rotatable bonds is 10. The molecular weight excluding hydrogens is 586 g/mol. The van der Waals surface area contributed by atoms with Crippen LogP contribution in [0.2, 0.25) is 0 Å². The first-order chi connectivity index (χ1) is 21.6.